The Bertz CT molecular complexity index is 1260. The number of esters is 2. The van der Waals surface area contributed by atoms with Crippen LogP contribution in [0.3, 0.4) is 0 Å². The molecule has 1 fully saturated rings. The molecule has 36 heavy (non-hydrogen) atoms. The highest BCUT2D eigenvalue weighted by Gasteiger charge is 2.69. The van der Waals surface area contributed by atoms with Crippen molar-refractivity contribution >= 4 is 23.3 Å². The summed E-state index contributed by atoms with van der Waals surface area (Å²) in [5.74, 6) is 0.0841. The minimum atomic E-state index is -1.14. The first-order chi connectivity index (χ1) is 17.4. The molecule has 1 aliphatic carbocycles. The molecule has 2 aromatic rings. The Morgan fingerprint density at radius 1 is 0.861 bits per heavy atom. The third-order valence-electron chi connectivity index (χ3n) is 7.15. The fourth-order valence-electron chi connectivity index (χ4n) is 5.53. The summed E-state index contributed by atoms with van der Waals surface area (Å²) in [5, 5.41) is 5.04. The number of carbonyl (C=O) groups excluding carboxylic acids is 2. The van der Waals surface area contributed by atoms with Gasteiger partial charge in [0.1, 0.15) is 22.9 Å². The molecular formula is C26H28N4O6. The third-order valence-corrected chi connectivity index (χ3v) is 7.15. The summed E-state index contributed by atoms with van der Waals surface area (Å²) in [7, 11) is 5.78. The highest BCUT2D eigenvalue weighted by Crippen LogP contribution is 2.63. The van der Waals surface area contributed by atoms with Gasteiger partial charge in [0.05, 0.1) is 39.6 Å². The zero-order chi connectivity index (χ0) is 25.5. The first kappa shape index (κ1) is 23.7. The van der Waals surface area contributed by atoms with Crippen LogP contribution in [0.25, 0.3) is 5.43 Å². The Labute approximate surface area is 209 Å². The normalized spacial score (nSPS) is 24.3. The molecule has 0 bridgehead atoms. The molecule has 1 saturated carbocycles. The SMILES string of the molecule is COC(=O)C1=C(C(=O)OC)C23CCCCC2([N-][N+](c2ccc(OC)cc2)=N3)N1c1ccc(OC)cc1. The van der Waals surface area contributed by atoms with E-state index < -0.39 is 23.1 Å². The van der Waals surface area contributed by atoms with E-state index in [1.165, 1.54) is 14.2 Å². The number of anilines is 1. The van der Waals surface area contributed by atoms with Gasteiger partial charge >= 0.3 is 11.9 Å². The molecule has 3 aliphatic rings. The van der Waals surface area contributed by atoms with E-state index in [0.29, 0.717) is 35.7 Å². The minimum absolute atomic E-state index is 0.0956. The smallest absolute Gasteiger partial charge is 0.355 e. The molecule has 0 N–H and O–H groups in total. The van der Waals surface area contributed by atoms with E-state index in [0.717, 1.165) is 12.8 Å². The average molecular weight is 493 g/mol. The van der Waals surface area contributed by atoms with Crippen LogP contribution in [0.2, 0.25) is 0 Å². The van der Waals surface area contributed by atoms with Crippen LogP contribution >= 0.6 is 0 Å². The summed E-state index contributed by atoms with van der Waals surface area (Å²) in [6.07, 6.45) is 2.73. The summed E-state index contributed by atoms with van der Waals surface area (Å²) < 4.78 is 21.0. The molecule has 2 atom stereocenters. The van der Waals surface area contributed by atoms with Crippen LogP contribution in [-0.4, -0.2) is 56.4 Å². The monoisotopic (exact) mass is 492 g/mol. The molecule has 0 aromatic heterocycles. The van der Waals surface area contributed by atoms with E-state index in [9.17, 15) is 9.59 Å². The summed E-state index contributed by atoms with van der Waals surface area (Å²) in [5.41, 5.74) is 4.55. The van der Waals surface area contributed by atoms with E-state index >= 15 is 0 Å². The number of benzene rings is 2. The van der Waals surface area contributed by atoms with Crippen molar-refractivity contribution < 1.29 is 33.3 Å². The van der Waals surface area contributed by atoms with Gasteiger partial charge in [-0.05, 0) is 49.2 Å². The van der Waals surface area contributed by atoms with Crippen LogP contribution in [0.15, 0.2) is 64.9 Å². The highest BCUT2D eigenvalue weighted by atomic mass is 16.5. The molecule has 2 heterocycles. The number of azo groups is 1. The third kappa shape index (κ3) is 3.24. The Morgan fingerprint density at radius 3 is 2.03 bits per heavy atom. The Morgan fingerprint density at radius 2 is 1.44 bits per heavy atom. The van der Waals surface area contributed by atoms with Crippen molar-refractivity contribution in [3.63, 3.8) is 0 Å². The molecule has 5 rings (SSSR count). The first-order valence-electron chi connectivity index (χ1n) is 11.7. The van der Waals surface area contributed by atoms with E-state index in [1.807, 2.05) is 36.4 Å². The first-order valence-corrected chi connectivity index (χ1v) is 11.7. The predicted octanol–water partition coefficient (Wildman–Crippen LogP) is 4.23. The molecule has 10 nitrogen and oxygen atoms in total. The molecular weight excluding hydrogens is 464 g/mol. The highest BCUT2D eigenvalue weighted by molar-refractivity contribution is 6.07. The van der Waals surface area contributed by atoms with Crippen LogP contribution in [0.4, 0.5) is 11.4 Å². The van der Waals surface area contributed by atoms with Gasteiger partial charge in [0.25, 0.3) is 0 Å². The molecule has 0 radical (unpaired) electrons. The zero-order valence-electron chi connectivity index (χ0n) is 20.7. The van der Waals surface area contributed by atoms with Crippen molar-refractivity contribution in [2.45, 2.75) is 36.9 Å². The van der Waals surface area contributed by atoms with E-state index in [1.54, 1.807) is 36.1 Å². The van der Waals surface area contributed by atoms with Gasteiger partial charge in [0, 0.05) is 17.8 Å². The van der Waals surface area contributed by atoms with Crippen molar-refractivity contribution in [3.8, 4) is 11.5 Å². The lowest BCUT2D eigenvalue weighted by atomic mass is 9.70. The van der Waals surface area contributed by atoms with Gasteiger partial charge in [-0.3, -0.25) is 0 Å². The lowest BCUT2D eigenvalue weighted by Crippen LogP contribution is -2.58. The van der Waals surface area contributed by atoms with Gasteiger partial charge in [-0.1, -0.05) is 12.8 Å². The topological polar surface area (TPSA) is 104 Å². The largest absolute Gasteiger partial charge is 0.497 e. The molecule has 2 unspecified atom stereocenters. The molecule has 2 aliphatic heterocycles. The standard InChI is InChI=1S/C26H28N4O6/c1-33-19-11-7-17(8-12-19)29-22(24(32)36-4)21(23(31)35-3)25-15-5-6-16-26(25,29)28-30(27-25)18-9-13-20(34-2)14-10-18/h7-14H,5-6,15-16H2,1-4H3. The van der Waals surface area contributed by atoms with Gasteiger partial charge in [-0.15, -0.1) is 4.81 Å². The number of hydrogen-bond donors (Lipinski definition) is 0. The van der Waals surface area contributed by atoms with Crippen LogP contribution in [-0.2, 0) is 19.1 Å². The van der Waals surface area contributed by atoms with Crippen LogP contribution in [0.5, 0.6) is 11.5 Å². The fraction of sp³-hybridized carbons (Fsp3) is 0.385. The van der Waals surface area contributed by atoms with E-state index in [2.05, 4.69) is 0 Å². The number of ether oxygens (including phenoxy) is 4. The van der Waals surface area contributed by atoms with Gasteiger partial charge in [0.2, 0.25) is 5.69 Å². The predicted molar refractivity (Wildman–Crippen MR) is 129 cm³/mol. The minimum Gasteiger partial charge on any atom is -0.497 e. The maximum atomic E-state index is 13.4. The molecule has 0 spiro atoms. The van der Waals surface area contributed by atoms with Crippen molar-refractivity contribution in [2.75, 3.05) is 33.3 Å². The van der Waals surface area contributed by atoms with Crippen molar-refractivity contribution in [3.05, 3.63) is 65.2 Å². The van der Waals surface area contributed by atoms with Crippen molar-refractivity contribution in [1.82, 2.24) is 0 Å². The number of nitrogens with zero attached hydrogens (tertiary/aromatic N) is 4. The lowest BCUT2D eigenvalue weighted by Gasteiger charge is -2.49. The Balaban J connectivity index is 1.77. The molecule has 2 aromatic carbocycles. The van der Waals surface area contributed by atoms with Gasteiger partial charge in [0.15, 0.2) is 0 Å². The number of rotatable bonds is 6. The molecule has 0 amide bonds. The quantitative estimate of drug-likeness (QED) is 0.439. The molecule has 10 heteroatoms. The zero-order valence-corrected chi connectivity index (χ0v) is 20.7. The lowest BCUT2D eigenvalue weighted by molar-refractivity contribution is -0.456. The summed E-state index contributed by atoms with van der Waals surface area (Å²) in [6.45, 7) is 0. The van der Waals surface area contributed by atoms with E-state index in [-0.39, 0.29) is 11.3 Å². The molecule has 188 valence electrons. The number of methoxy groups -OCH3 is 4. The maximum absolute atomic E-state index is 13.4. The second kappa shape index (κ2) is 8.85. The van der Waals surface area contributed by atoms with Crippen molar-refractivity contribution in [2.24, 2.45) is 5.11 Å². The number of hydrogen-bond acceptors (Lipinski definition) is 8. The summed E-state index contributed by atoms with van der Waals surface area (Å²) in [4.78, 5) is 30.0. The van der Waals surface area contributed by atoms with Crippen LogP contribution in [0, 0.1) is 0 Å². The van der Waals surface area contributed by atoms with Gasteiger partial charge in [-0.25, -0.2) is 9.59 Å². The Kier molecular flexibility index (Phi) is 5.82. The van der Waals surface area contributed by atoms with Gasteiger partial charge < -0.3 is 23.8 Å². The second-order valence-corrected chi connectivity index (χ2v) is 8.81. The average Bonchev–Trinajstić information content (AvgIpc) is 3.40. The second-order valence-electron chi connectivity index (χ2n) is 8.81. The van der Waals surface area contributed by atoms with Crippen molar-refractivity contribution in [1.29, 1.82) is 0 Å². The molecule has 0 saturated heterocycles. The summed E-state index contributed by atoms with van der Waals surface area (Å²) >= 11 is 0. The van der Waals surface area contributed by atoms with Crippen LogP contribution < -0.4 is 14.4 Å². The fourth-order valence-corrected chi connectivity index (χ4v) is 5.53. The maximum Gasteiger partial charge on any atom is 0.355 e. The van der Waals surface area contributed by atoms with E-state index in [4.69, 9.17) is 29.5 Å². The van der Waals surface area contributed by atoms with Gasteiger partial charge in [-0.2, -0.15) is 10.5 Å². The van der Waals surface area contributed by atoms with Crippen LogP contribution in [0.1, 0.15) is 25.7 Å². The Hall–Kier alpha value is -4.08. The number of carbonyl (C=O) groups is 2. The summed E-state index contributed by atoms with van der Waals surface area (Å²) in [6, 6.07) is 14.6.